The molecule has 0 bridgehead atoms. The minimum Gasteiger partial charge on any atom is -0.356 e. The lowest BCUT2D eigenvalue weighted by atomic mass is 9.99. The highest BCUT2D eigenvalue weighted by molar-refractivity contribution is 5.97. The molecule has 7 heteroatoms. The summed E-state index contributed by atoms with van der Waals surface area (Å²) in [4.78, 5) is 37.7. The number of nitrogens with one attached hydrogen (secondary N) is 1. The van der Waals surface area contributed by atoms with E-state index in [1.54, 1.807) is 12.4 Å². The van der Waals surface area contributed by atoms with Crippen LogP contribution in [0.15, 0.2) is 42.7 Å². The molecule has 0 atom stereocenters. The van der Waals surface area contributed by atoms with Gasteiger partial charge in [0.25, 0.3) is 0 Å². The molecule has 1 amide bonds. The van der Waals surface area contributed by atoms with Crippen LogP contribution in [-0.4, -0.2) is 65.8 Å². The summed E-state index contributed by atoms with van der Waals surface area (Å²) in [5.41, 5.74) is 1.93. The van der Waals surface area contributed by atoms with E-state index in [-0.39, 0.29) is 24.5 Å². The number of nitrogens with zero attached hydrogens (tertiary/aromatic N) is 4. The predicted molar refractivity (Wildman–Crippen MR) is 127 cm³/mol. The van der Waals surface area contributed by atoms with Crippen LogP contribution in [0.25, 0.3) is 0 Å². The van der Waals surface area contributed by atoms with E-state index in [2.05, 4.69) is 38.9 Å². The number of hydrogen-bond acceptors (Lipinski definition) is 6. The van der Waals surface area contributed by atoms with Crippen LogP contribution in [0.5, 0.6) is 0 Å². The quantitative estimate of drug-likeness (QED) is 0.430. The van der Waals surface area contributed by atoms with Crippen LogP contribution in [-0.2, 0) is 11.2 Å². The summed E-state index contributed by atoms with van der Waals surface area (Å²) in [6.07, 6.45) is 5.94. The predicted octanol–water partition coefficient (Wildman–Crippen LogP) is 2.97. The molecule has 1 aliphatic heterocycles. The largest absolute Gasteiger partial charge is 0.356 e. The fourth-order valence-electron chi connectivity index (χ4n) is 3.91. The SMILES string of the molecule is CC(C)Cc1ccc(C(=O)CCC(=O)NCCCN2CCN(c3ncccn3)CC2)cc1. The minimum absolute atomic E-state index is 0.0245. The number of rotatable bonds is 11. The first kappa shape index (κ1) is 23.9. The number of Topliss-reactive ketones (excluding diaryl/α,β-unsaturated/α-hetero) is 1. The third-order valence-electron chi connectivity index (χ3n) is 5.68. The van der Waals surface area contributed by atoms with Crippen LogP contribution < -0.4 is 10.2 Å². The maximum absolute atomic E-state index is 12.3. The number of hydrogen-bond donors (Lipinski definition) is 1. The summed E-state index contributed by atoms with van der Waals surface area (Å²) in [5.74, 6) is 1.35. The molecule has 1 aliphatic rings. The van der Waals surface area contributed by atoms with E-state index in [4.69, 9.17) is 0 Å². The van der Waals surface area contributed by atoms with Gasteiger partial charge in [-0.1, -0.05) is 38.1 Å². The molecule has 1 N–H and O–H groups in total. The summed E-state index contributed by atoms with van der Waals surface area (Å²) < 4.78 is 0. The Kier molecular flexibility index (Phi) is 9.16. The molecule has 7 nitrogen and oxygen atoms in total. The van der Waals surface area contributed by atoms with E-state index in [0.717, 1.165) is 51.5 Å². The Balaban J connectivity index is 1.27. The van der Waals surface area contributed by atoms with Crippen LogP contribution in [0, 0.1) is 5.92 Å². The van der Waals surface area contributed by atoms with Gasteiger partial charge in [0.2, 0.25) is 11.9 Å². The molecule has 1 aromatic carbocycles. The van der Waals surface area contributed by atoms with Crippen molar-refractivity contribution in [3.8, 4) is 0 Å². The Bertz CT molecular complexity index is 846. The van der Waals surface area contributed by atoms with E-state index in [1.165, 1.54) is 5.56 Å². The van der Waals surface area contributed by atoms with Gasteiger partial charge in [-0.2, -0.15) is 0 Å². The molecule has 0 aliphatic carbocycles. The number of amides is 1. The Morgan fingerprint density at radius 1 is 1.00 bits per heavy atom. The number of carbonyl (C=O) groups is 2. The zero-order valence-electron chi connectivity index (χ0n) is 19.3. The van der Waals surface area contributed by atoms with Crippen molar-refractivity contribution in [2.45, 2.75) is 39.5 Å². The molecule has 2 heterocycles. The second-order valence-corrected chi connectivity index (χ2v) is 8.80. The molecular formula is C25H35N5O2. The fourth-order valence-corrected chi connectivity index (χ4v) is 3.91. The van der Waals surface area contributed by atoms with E-state index in [0.29, 0.717) is 18.0 Å². The van der Waals surface area contributed by atoms with E-state index >= 15 is 0 Å². The maximum atomic E-state index is 12.3. The van der Waals surface area contributed by atoms with Gasteiger partial charge in [0.1, 0.15) is 0 Å². The molecular weight excluding hydrogens is 402 g/mol. The number of ketones is 1. The Hall–Kier alpha value is -2.80. The molecule has 1 fully saturated rings. The zero-order valence-corrected chi connectivity index (χ0v) is 19.3. The van der Waals surface area contributed by atoms with Crippen molar-refractivity contribution in [1.29, 1.82) is 0 Å². The topological polar surface area (TPSA) is 78.4 Å². The molecule has 32 heavy (non-hydrogen) atoms. The van der Waals surface area contributed by atoms with E-state index in [1.807, 2.05) is 30.3 Å². The summed E-state index contributed by atoms with van der Waals surface area (Å²) in [7, 11) is 0. The average Bonchev–Trinajstić information content (AvgIpc) is 2.81. The molecule has 1 saturated heterocycles. The van der Waals surface area contributed by atoms with E-state index in [9.17, 15) is 9.59 Å². The van der Waals surface area contributed by atoms with Crippen molar-refractivity contribution >= 4 is 17.6 Å². The Morgan fingerprint density at radius 3 is 2.34 bits per heavy atom. The second kappa shape index (κ2) is 12.3. The van der Waals surface area contributed by atoms with Gasteiger partial charge in [0.05, 0.1) is 0 Å². The van der Waals surface area contributed by atoms with Crippen molar-refractivity contribution in [2.24, 2.45) is 5.92 Å². The van der Waals surface area contributed by atoms with Gasteiger partial charge in [-0.05, 0) is 36.9 Å². The smallest absolute Gasteiger partial charge is 0.225 e. The summed E-state index contributed by atoms with van der Waals surface area (Å²) in [6.45, 7) is 9.71. The summed E-state index contributed by atoms with van der Waals surface area (Å²) >= 11 is 0. The summed E-state index contributed by atoms with van der Waals surface area (Å²) in [5, 5.41) is 2.95. The van der Waals surface area contributed by atoms with Crippen molar-refractivity contribution in [1.82, 2.24) is 20.2 Å². The van der Waals surface area contributed by atoms with E-state index < -0.39 is 0 Å². The molecule has 172 valence electrons. The van der Waals surface area contributed by atoms with Gasteiger partial charge in [-0.25, -0.2) is 9.97 Å². The average molecular weight is 438 g/mol. The highest BCUT2D eigenvalue weighted by Gasteiger charge is 2.18. The molecule has 0 unspecified atom stereocenters. The number of carbonyl (C=O) groups excluding carboxylic acids is 2. The van der Waals surface area contributed by atoms with Crippen LogP contribution in [0.2, 0.25) is 0 Å². The second-order valence-electron chi connectivity index (χ2n) is 8.80. The molecule has 3 rings (SSSR count). The van der Waals surface area contributed by atoms with Crippen molar-refractivity contribution < 1.29 is 9.59 Å². The van der Waals surface area contributed by atoms with Crippen molar-refractivity contribution in [3.05, 3.63) is 53.9 Å². The van der Waals surface area contributed by atoms with Crippen LogP contribution in [0.4, 0.5) is 5.95 Å². The highest BCUT2D eigenvalue weighted by Crippen LogP contribution is 2.12. The molecule has 2 aromatic rings. The summed E-state index contributed by atoms with van der Waals surface area (Å²) in [6, 6.07) is 9.61. The molecule has 0 radical (unpaired) electrons. The first-order valence-electron chi connectivity index (χ1n) is 11.6. The number of piperazine rings is 1. The van der Waals surface area contributed by atoms with Gasteiger partial charge in [0, 0.05) is 63.5 Å². The molecule has 0 spiro atoms. The lowest BCUT2D eigenvalue weighted by Gasteiger charge is -2.34. The monoisotopic (exact) mass is 437 g/mol. The van der Waals surface area contributed by atoms with Gasteiger partial charge >= 0.3 is 0 Å². The van der Waals surface area contributed by atoms with Crippen molar-refractivity contribution in [3.63, 3.8) is 0 Å². The number of benzene rings is 1. The molecule has 0 saturated carbocycles. The van der Waals surface area contributed by atoms with Crippen LogP contribution in [0.1, 0.15) is 49.0 Å². The van der Waals surface area contributed by atoms with Crippen LogP contribution >= 0.6 is 0 Å². The lowest BCUT2D eigenvalue weighted by molar-refractivity contribution is -0.121. The third kappa shape index (κ3) is 7.71. The Morgan fingerprint density at radius 2 is 1.69 bits per heavy atom. The third-order valence-corrected chi connectivity index (χ3v) is 5.68. The standard InChI is InChI=1S/C25H35N5O2/c1-20(2)19-21-5-7-22(8-6-21)23(31)9-10-24(32)26-13-4-14-29-15-17-30(18-16-29)25-27-11-3-12-28-25/h3,5-8,11-12,20H,4,9-10,13-19H2,1-2H3,(H,26,32). The number of aromatic nitrogens is 2. The molecule has 1 aromatic heterocycles. The lowest BCUT2D eigenvalue weighted by Crippen LogP contribution is -2.47. The van der Waals surface area contributed by atoms with Gasteiger partial charge in [0.15, 0.2) is 5.78 Å². The maximum Gasteiger partial charge on any atom is 0.225 e. The van der Waals surface area contributed by atoms with Gasteiger partial charge in [-0.3, -0.25) is 14.5 Å². The van der Waals surface area contributed by atoms with Gasteiger partial charge < -0.3 is 10.2 Å². The normalized spacial score (nSPS) is 14.5. The number of anilines is 1. The van der Waals surface area contributed by atoms with Gasteiger partial charge in [-0.15, -0.1) is 0 Å². The Labute approximate surface area is 191 Å². The fraction of sp³-hybridized carbons (Fsp3) is 0.520. The van der Waals surface area contributed by atoms with Crippen LogP contribution in [0.3, 0.4) is 0 Å². The first-order chi connectivity index (χ1) is 15.5. The zero-order chi connectivity index (χ0) is 22.8. The minimum atomic E-state index is -0.0548. The van der Waals surface area contributed by atoms with Crippen molar-refractivity contribution in [2.75, 3.05) is 44.2 Å². The highest BCUT2D eigenvalue weighted by atomic mass is 16.2. The first-order valence-corrected chi connectivity index (χ1v) is 11.6.